The summed E-state index contributed by atoms with van der Waals surface area (Å²) in [6.45, 7) is 11.0. The van der Waals surface area contributed by atoms with Crippen LogP contribution in [0.3, 0.4) is 0 Å². The summed E-state index contributed by atoms with van der Waals surface area (Å²) < 4.78 is 4.39. The Morgan fingerprint density at radius 3 is 2.50 bits per heavy atom. The zero-order chi connectivity index (χ0) is 27.4. The number of benzene rings is 2. The number of aromatic nitrogens is 3. The topological polar surface area (TPSA) is 83.6 Å². The van der Waals surface area contributed by atoms with E-state index in [0.717, 1.165) is 35.4 Å². The summed E-state index contributed by atoms with van der Waals surface area (Å²) in [6.07, 6.45) is 0.573. The SMILES string of the molecule is CC(C)n1c(-c2nc3cc(C(=O)N4CCC[C@@H](N(C(=O)O)C(C)(C)C)C4)ccc3n2C)cc2ccccc21. The predicted molar refractivity (Wildman–Crippen MR) is 151 cm³/mol. The smallest absolute Gasteiger partial charge is 0.408 e. The average molecular weight is 516 g/mol. The molecule has 0 radical (unpaired) electrons. The molecule has 0 saturated carbocycles. The molecule has 3 heterocycles. The molecule has 0 aliphatic carbocycles. The fourth-order valence-electron chi connectivity index (χ4n) is 5.99. The van der Waals surface area contributed by atoms with Gasteiger partial charge in [-0.25, -0.2) is 9.78 Å². The maximum Gasteiger partial charge on any atom is 0.408 e. The van der Waals surface area contributed by atoms with Crippen molar-refractivity contribution in [2.45, 2.75) is 65.1 Å². The Morgan fingerprint density at radius 2 is 1.82 bits per heavy atom. The number of fused-ring (bicyclic) bond motifs is 2. The number of imidazole rings is 1. The van der Waals surface area contributed by atoms with E-state index in [1.807, 2.05) is 52.1 Å². The molecule has 2 amide bonds. The molecular weight excluding hydrogens is 478 g/mol. The Labute approximate surface area is 223 Å². The van der Waals surface area contributed by atoms with Crippen LogP contribution >= 0.6 is 0 Å². The lowest BCUT2D eigenvalue weighted by atomic mass is 9.97. The van der Waals surface area contributed by atoms with Gasteiger partial charge in [-0.1, -0.05) is 18.2 Å². The molecule has 1 atom stereocenters. The zero-order valence-electron chi connectivity index (χ0n) is 23.1. The summed E-state index contributed by atoms with van der Waals surface area (Å²) in [5.41, 5.74) is 3.98. The van der Waals surface area contributed by atoms with Crippen LogP contribution in [0.1, 0.15) is 63.9 Å². The van der Waals surface area contributed by atoms with Gasteiger partial charge < -0.3 is 19.1 Å². The molecule has 0 spiro atoms. The van der Waals surface area contributed by atoms with Gasteiger partial charge in [-0.05, 0) is 77.8 Å². The van der Waals surface area contributed by atoms with Gasteiger partial charge in [-0.15, -0.1) is 0 Å². The lowest BCUT2D eigenvalue weighted by Crippen LogP contribution is -2.57. The van der Waals surface area contributed by atoms with Gasteiger partial charge in [0.05, 0.1) is 22.8 Å². The zero-order valence-corrected chi connectivity index (χ0v) is 23.1. The first-order valence-corrected chi connectivity index (χ1v) is 13.4. The number of para-hydroxylation sites is 1. The minimum atomic E-state index is -0.946. The van der Waals surface area contributed by atoms with E-state index < -0.39 is 11.6 Å². The van der Waals surface area contributed by atoms with E-state index in [1.165, 1.54) is 15.8 Å². The highest BCUT2D eigenvalue weighted by Crippen LogP contribution is 2.33. The third-order valence-corrected chi connectivity index (χ3v) is 7.60. The van der Waals surface area contributed by atoms with Crippen LogP contribution in [0.15, 0.2) is 48.5 Å². The highest BCUT2D eigenvalue weighted by molar-refractivity contribution is 5.98. The van der Waals surface area contributed by atoms with Crippen molar-refractivity contribution in [2.75, 3.05) is 13.1 Å². The highest BCUT2D eigenvalue weighted by atomic mass is 16.4. The van der Waals surface area contributed by atoms with Crippen LogP contribution in [0.4, 0.5) is 4.79 Å². The first-order valence-electron chi connectivity index (χ1n) is 13.4. The second kappa shape index (κ2) is 9.49. The Morgan fingerprint density at radius 1 is 1.08 bits per heavy atom. The molecule has 38 heavy (non-hydrogen) atoms. The van der Waals surface area contributed by atoms with E-state index in [1.54, 1.807) is 4.90 Å². The lowest BCUT2D eigenvalue weighted by Gasteiger charge is -2.44. The van der Waals surface area contributed by atoms with Crippen LogP contribution in [-0.2, 0) is 7.05 Å². The molecule has 1 N–H and O–H groups in total. The summed E-state index contributed by atoms with van der Waals surface area (Å²) in [7, 11) is 2.01. The van der Waals surface area contributed by atoms with Crippen molar-refractivity contribution in [3.8, 4) is 11.5 Å². The molecule has 200 valence electrons. The van der Waals surface area contributed by atoms with Gasteiger partial charge in [-0.2, -0.15) is 0 Å². The number of hydrogen-bond donors (Lipinski definition) is 1. The molecule has 1 aliphatic rings. The van der Waals surface area contributed by atoms with Crippen LogP contribution in [-0.4, -0.2) is 65.7 Å². The third kappa shape index (κ3) is 4.42. The Kier molecular flexibility index (Phi) is 6.45. The molecule has 0 unspecified atom stereocenters. The molecule has 2 aromatic heterocycles. The van der Waals surface area contributed by atoms with Crippen LogP contribution in [0.2, 0.25) is 0 Å². The molecule has 0 bridgehead atoms. The van der Waals surface area contributed by atoms with E-state index in [4.69, 9.17) is 4.98 Å². The van der Waals surface area contributed by atoms with Crippen molar-refractivity contribution >= 4 is 33.9 Å². The second-order valence-corrected chi connectivity index (χ2v) is 11.6. The van der Waals surface area contributed by atoms with E-state index in [-0.39, 0.29) is 18.0 Å². The van der Waals surface area contributed by atoms with Crippen LogP contribution in [0, 0.1) is 0 Å². The fraction of sp³-hybridized carbons (Fsp3) is 0.433. The monoisotopic (exact) mass is 515 g/mol. The maximum atomic E-state index is 13.6. The van der Waals surface area contributed by atoms with E-state index >= 15 is 0 Å². The summed E-state index contributed by atoms with van der Waals surface area (Å²) in [5, 5.41) is 11.0. The van der Waals surface area contributed by atoms with Crippen molar-refractivity contribution < 1.29 is 14.7 Å². The van der Waals surface area contributed by atoms with Crippen molar-refractivity contribution in [1.82, 2.24) is 23.9 Å². The van der Waals surface area contributed by atoms with Gasteiger partial charge in [0.15, 0.2) is 5.82 Å². The van der Waals surface area contributed by atoms with Gasteiger partial charge in [0.1, 0.15) is 0 Å². The first-order chi connectivity index (χ1) is 18.0. The molecule has 2 aromatic carbocycles. The number of hydrogen-bond acceptors (Lipinski definition) is 3. The quantitative estimate of drug-likeness (QED) is 0.353. The summed E-state index contributed by atoms with van der Waals surface area (Å²) in [6, 6.07) is 16.2. The molecule has 8 heteroatoms. The van der Waals surface area contributed by atoms with Gasteiger partial charge >= 0.3 is 6.09 Å². The van der Waals surface area contributed by atoms with E-state index in [0.29, 0.717) is 18.7 Å². The van der Waals surface area contributed by atoms with Crippen LogP contribution in [0.25, 0.3) is 33.5 Å². The second-order valence-electron chi connectivity index (χ2n) is 11.6. The van der Waals surface area contributed by atoms with E-state index in [9.17, 15) is 14.7 Å². The first kappa shape index (κ1) is 25.8. The van der Waals surface area contributed by atoms with Gasteiger partial charge in [0.2, 0.25) is 0 Å². The molecular formula is C30H37N5O3. The van der Waals surface area contributed by atoms with E-state index in [2.05, 4.69) is 47.2 Å². The number of carbonyl (C=O) groups is 2. The molecule has 8 nitrogen and oxygen atoms in total. The summed E-state index contributed by atoms with van der Waals surface area (Å²) >= 11 is 0. The van der Waals surface area contributed by atoms with Gasteiger partial charge in [0, 0.05) is 48.2 Å². The molecule has 5 rings (SSSR count). The molecule has 1 saturated heterocycles. The molecule has 1 fully saturated rings. The number of aryl methyl sites for hydroxylation is 1. The fourth-order valence-corrected chi connectivity index (χ4v) is 5.99. The van der Waals surface area contributed by atoms with Gasteiger partial charge in [-0.3, -0.25) is 9.69 Å². The number of amides is 2. The maximum absolute atomic E-state index is 13.6. The largest absolute Gasteiger partial charge is 0.465 e. The minimum absolute atomic E-state index is 0.0839. The van der Waals surface area contributed by atoms with Crippen molar-refractivity contribution in [3.05, 3.63) is 54.1 Å². The summed E-state index contributed by atoms with van der Waals surface area (Å²) in [5.74, 6) is 0.772. The normalized spacial score (nSPS) is 16.5. The Bertz CT molecular complexity index is 1520. The number of piperidine rings is 1. The standard InChI is InChI=1S/C30H37N5O3/c1-19(2)34-24-12-8-7-10-20(24)17-26(34)27-31-23-16-21(13-14-25(23)32(27)6)28(36)33-15-9-11-22(18-33)35(29(37)38)30(3,4)5/h7-8,10,12-14,16-17,19,22H,9,11,15,18H2,1-6H3,(H,37,38)/t22-/m1/s1. The Hall–Kier alpha value is -3.81. The predicted octanol–water partition coefficient (Wildman–Crippen LogP) is 6.16. The number of nitrogens with zero attached hydrogens (tertiary/aromatic N) is 5. The number of carboxylic acid groups (broad SMARTS) is 1. The number of likely N-dealkylation sites (tertiary alicyclic amines) is 1. The van der Waals surface area contributed by atoms with Crippen molar-refractivity contribution in [1.29, 1.82) is 0 Å². The highest BCUT2D eigenvalue weighted by Gasteiger charge is 2.37. The minimum Gasteiger partial charge on any atom is -0.465 e. The molecule has 1 aliphatic heterocycles. The van der Waals surface area contributed by atoms with Crippen molar-refractivity contribution in [3.63, 3.8) is 0 Å². The molecule has 4 aromatic rings. The summed E-state index contributed by atoms with van der Waals surface area (Å²) in [4.78, 5) is 33.9. The lowest BCUT2D eigenvalue weighted by molar-refractivity contribution is 0.0315. The van der Waals surface area contributed by atoms with Crippen LogP contribution < -0.4 is 0 Å². The van der Waals surface area contributed by atoms with Gasteiger partial charge in [0.25, 0.3) is 5.91 Å². The number of rotatable bonds is 4. The average Bonchev–Trinajstić information content (AvgIpc) is 3.40. The Balaban J connectivity index is 1.48. The van der Waals surface area contributed by atoms with Crippen LogP contribution in [0.5, 0.6) is 0 Å². The number of carbonyl (C=O) groups excluding carboxylic acids is 1. The van der Waals surface area contributed by atoms with Crippen molar-refractivity contribution in [2.24, 2.45) is 7.05 Å². The third-order valence-electron chi connectivity index (χ3n) is 7.60.